The van der Waals surface area contributed by atoms with E-state index in [0.29, 0.717) is 17.6 Å². The van der Waals surface area contributed by atoms with Crippen molar-refractivity contribution < 1.29 is 9.53 Å². The van der Waals surface area contributed by atoms with Crippen molar-refractivity contribution >= 4 is 5.78 Å². The van der Waals surface area contributed by atoms with Gasteiger partial charge in [0.05, 0.1) is 0 Å². The molecule has 1 aliphatic carbocycles. The minimum atomic E-state index is -0.0758. The molecule has 2 aliphatic rings. The Morgan fingerprint density at radius 2 is 1.73 bits per heavy atom. The van der Waals surface area contributed by atoms with Crippen LogP contribution in [0.15, 0.2) is 0 Å². The lowest BCUT2D eigenvalue weighted by Gasteiger charge is -2.19. The summed E-state index contributed by atoms with van der Waals surface area (Å²) in [5.74, 6) is 1.15. The second-order valence-corrected chi connectivity index (χ2v) is 5.15. The molecule has 0 bridgehead atoms. The molecule has 0 N–H and O–H groups in total. The van der Waals surface area contributed by atoms with Gasteiger partial charge in [-0.25, -0.2) is 0 Å². The molecule has 0 spiro atoms. The highest BCUT2D eigenvalue weighted by Gasteiger charge is 2.34. The molecule has 1 saturated heterocycles. The molecule has 0 aromatic heterocycles. The molecule has 0 amide bonds. The van der Waals surface area contributed by atoms with Gasteiger partial charge in [0, 0.05) is 12.5 Å². The normalized spacial score (nSPS) is 33.9. The summed E-state index contributed by atoms with van der Waals surface area (Å²) in [6, 6.07) is 0. The number of hydrogen-bond donors (Lipinski definition) is 0. The highest BCUT2D eigenvalue weighted by molar-refractivity contribution is 5.85. The van der Waals surface area contributed by atoms with E-state index in [1.165, 1.54) is 25.7 Å². The second-order valence-electron chi connectivity index (χ2n) is 5.15. The van der Waals surface area contributed by atoms with Crippen molar-refractivity contribution in [1.29, 1.82) is 0 Å². The topological polar surface area (TPSA) is 26.3 Å². The SMILES string of the molecule is CC1CCOC1C(=O)C1CCCCCC1. The van der Waals surface area contributed by atoms with E-state index in [1.807, 2.05) is 0 Å². The number of rotatable bonds is 2. The number of Topliss-reactive ketones (excluding diaryl/α,β-unsaturated/α-hetero) is 1. The lowest BCUT2D eigenvalue weighted by atomic mass is 9.88. The second kappa shape index (κ2) is 5.11. The third kappa shape index (κ3) is 2.60. The first-order valence-electron chi connectivity index (χ1n) is 6.44. The average Bonchev–Trinajstić information content (AvgIpc) is 2.53. The number of carbonyl (C=O) groups excluding carboxylic acids is 1. The zero-order chi connectivity index (χ0) is 10.7. The predicted octanol–water partition coefficient (Wildman–Crippen LogP) is 2.95. The molecule has 2 fully saturated rings. The molecule has 2 atom stereocenters. The molecule has 2 rings (SSSR count). The van der Waals surface area contributed by atoms with Crippen LogP contribution in [0.25, 0.3) is 0 Å². The van der Waals surface area contributed by atoms with Gasteiger partial charge in [-0.15, -0.1) is 0 Å². The molecule has 0 aromatic carbocycles. The zero-order valence-electron chi connectivity index (χ0n) is 9.71. The molecule has 0 radical (unpaired) electrons. The smallest absolute Gasteiger partial charge is 0.164 e. The number of ketones is 1. The van der Waals surface area contributed by atoms with Crippen molar-refractivity contribution in [1.82, 2.24) is 0 Å². The van der Waals surface area contributed by atoms with E-state index < -0.39 is 0 Å². The monoisotopic (exact) mass is 210 g/mol. The Hall–Kier alpha value is -0.370. The van der Waals surface area contributed by atoms with Crippen LogP contribution in [0.5, 0.6) is 0 Å². The highest BCUT2D eigenvalue weighted by Crippen LogP contribution is 2.29. The molecule has 2 heteroatoms. The van der Waals surface area contributed by atoms with E-state index in [0.717, 1.165) is 25.9 Å². The van der Waals surface area contributed by atoms with Gasteiger partial charge < -0.3 is 4.74 Å². The fourth-order valence-corrected chi connectivity index (χ4v) is 2.86. The van der Waals surface area contributed by atoms with Gasteiger partial charge in [0.25, 0.3) is 0 Å². The van der Waals surface area contributed by atoms with Crippen LogP contribution in [0, 0.1) is 11.8 Å². The lowest BCUT2D eigenvalue weighted by Crippen LogP contribution is -2.31. The van der Waals surface area contributed by atoms with Gasteiger partial charge in [0.15, 0.2) is 5.78 Å². The van der Waals surface area contributed by atoms with Gasteiger partial charge in [-0.2, -0.15) is 0 Å². The first kappa shape index (κ1) is 11.1. The molecular formula is C13H22O2. The summed E-state index contributed by atoms with van der Waals surface area (Å²) < 4.78 is 5.57. The van der Waals surface area contributed by atoms with Crippen LogP contribution in [-0.4, -0.2) is 18.5 Å². The van der Waals surface area contributed by atoms with Crippen LogP contribution in [0.3, 0.4) is 0 Å². The quantitative estimate of drug-likeness (QED) is 0.655. The molecule has 86 valence electrons. The van der Waals surface area contributed by atoms with Crippen molar-refractivity contribution in [3.05, 3.63) is 0 Å². The zero-order valence-corrected chi connectivity index (χ0v) is 9.71. The first-order valence-corrected chi connectivity index (χ1v) is 6.44. The summed E-state index contributed by atoms with van der Waals surface area (Å²) in [7, 11) is 0. The number of hydrogen-bond acceptors (Lipinski definition) is 2. The summed E-state index contributed by atoms with van der Waals surface area (Å²) in [6.07, 6.45) is 8.28. The fraction of sp³-hybridized carbons (Fsp3) is 0.923. The van der Waals surface area contributed by atoms with E-state index in [-0.39, 0.29) is 6.10 Å². The fourth-order valence-electron chi connectivity index (χ4n) is 2.86. The van der Waals surface area contributed by atoms with Crippen LogP contribution in [-0.2, 0) is 9.53 Å². The molecule has 2 nitrogen and oxygen atoms in total. The van der Waals surface area contributed by atoms with E-state index >= 15 is 0 Å². The summed E-state index contributed by atoms with van der Waals surface area (Å²) in [4.78, 5) is 12.2. The van der Waals surface area contributed by atoms with Gasteiger partial charge in [0.1, 0.15) is 6.10 Å². The van der Waals surface area contributed by atoms with Crippen molar-refractivity contribution in [2.24, 2.45) is 11.8 Å². The Morgan fingerprint density at radius 1 is 1.07 bits per heavy atom. The number of carbonyl (C=O) groups is 1. The van der Waals surface area contributed by atoms with Crippen molar-refractivity contribution in [3.63, 3.8) is 0 Å². The van der Waals surface area contributed by atoms with Crippen molar-refractivity contribution in [3.8, 4) is 0 Å². The van der Waals surface area contributed by atoms with Gasteiger partial charge in [-0.3, -0.25) is 4.79 Å². The molecular weight excluding hydrogens is 188 g/mol. The third-order valence-electron chi connectivity index (χ3n) is 3.93. The standard InChI is InChI=1S/C13H22O2/c1-10-8-9-15-13(10)12(14)11-6-4-2-3-5-7-11/h10-11,13H,2-9H2,1H3. The predicted molar refractivity (Wildman–Crippen MR) is 59.7 cm³/mol. The Balaban J connectivity index is 1.93. The minimum Gasteiger partial charge on any atom is -0.370 e. The van der Waals surface area contributed by atoms with Crippen molar-refractivity contribution in [2.75, 3.05) is 6.61 Å². The lowest BCUT2D eigenvalue weighted by molar-refractivity contribution is -0.133. The number of ether oxygens (including phenoxy) is 1. The first-order chi connectivity index (χ1) is 7.29. The van der Waals surface area contributed by atoms with Crippen LogP contribution in [0.2, 0.25) is 0 Å². The summed E-state index contributed by atoms with van der Waals surface area (Å²) in [6.45, 7) is 2.93. The Morgan fingerprint density at radius 3 is 2.27 bits per heavy atom. The maximum Gasteiger partial charge on any atom is 0.164 e. The van der Waals surface area contributed by atoms with E-state index in [2.05, 4.69) is 6.92 Å². The summed E-state index contributed by atoms with van der Waals surface area (Å²) in [5, 5.41) is 0. The van der Waals surface area contributed by atoms with E-state index in [4.69, 9.17) is 4.74 Å². The molecule has 0 aromatic rings. The Kier molecular flexibility index (Phi) is 3.79. The van der Waals surface area contributed by atoms with Gasteiger partial charge in [-0.1, -0.05) is 32.6 Å². The molecule has 1 saturated carbocycles. The maximum absolute atomic E-state index is 12.2. The molecule has 15 heavy (non-hydrogen) atoms. The molecule has 2 unspecified atom stereocenters. The third-order valence-corrected chi connectivity index (χ3v) is 3.93. The largest absolute Gasteiger partial charge is 0.370 e. The van der Waals surface area contributed by atoms with Gasteiger partial charge in [-0.05, 0) is 25.2 Å². The van der Waals surface area contributed by atoms with Crippen LogP contribution >= 0.6 is 0 Å². The van der Waals surface area contributed by atoms with E-state index in [9.17, 15) is 4.79 Å². The van der Waals surface area contributed by atoms with Crippen LogP contribution in [0.4, 0.5) is 0 Å². The Labute approximate surface area is 92.4 Å². The Bertz CT molecular complexity index is 217. The van der Waals surface area contributed by atoms with Crippen molar-refractivity contribution in [2.45, 2.75) is 58.0 Å². The van der Waals surface area contributed by atoms with Crippen LogP contribution < -0.4 is 0 Å². The van der Waals surface area contributed by atoms with E-state index in [1.54, 1.807) is 0 Å². The van der Waals surface area contributed by atoms with Gasteiger partial charge >= 0.3 is 0 Å². The van der Waals surface area contributed by atoms with Gasteiger partial charge in [0.2, 0.25) is 0 Å². The maximum atomic E-state index is 12.2. The minimum absolute atomic E-state index is 0.0758. The average molecular weight is 210 g/mol. The molecule has 1 heterocycles. The summed E-state index contributed by atoms with van der Waals surface area (Å²) >= 11 is 0. The summed E-state index contributed by atoms with van der Waals surface area (Å²) in [5.41, 5.74) is 0. The highest BCUT2D eigenvalue weighted by atomic mass is 16.5. The molecule has 1 aliphatic heterocycles. The van der Waals surface area contributed by atoms with Crippen LogP contribution in [0.1, 0.15) is 51.9 Å².